The van der Waals surface area contributed by atoms with E-state index < -0.39 is 0 Å². The van der Waals surface area contributed by atoms with Gasteiger partial charge in [-0.05, 0) is 25.5 Å². The van der Waals surface area contributed by atoms with Crippen LogP contribution in [0.4, 0.5) is 0 Å². The molecule has 3 rings (SSSR count). The first-order valence-corrected chi connectivity index (χ1v) is 11.0. The van der Waals surface area contributed by atoms with Crippen LogP contribution in [0.5, 0.6) is 11.5 Å². The molecule has 7 heteroatoms. The summed E-state index contributed by atoms with van der Waals surface area (Å²) in [6.07, 6.45) is 3.20. The molecule has 0 spiro atoms. The number of ether oxygens (including phenoxy) is 2. The Morgan fingerprint density at radius 1 is 1.15 bits per heavy atom. The van der Waals surface area contributed by atoms with Crippen molar-refractivity contribution in [3.8, 4) is 17.4 Å². The fourth-order valence-electron chi connectivity index (χ4n) is 2.73. The Bertz CT molecular complexity index is 896. The highest BCUT2D eigenvalue weighted by Crippen LogP contribution is 2.29. The fraction of sp³-hybridized carbons (Fsp3) is 0.368. The molecule has 0 fully saturated rings. The van der Waals surface area contributed by atoms with E-state index in [2.05, 4.69) is 23.4 Å². The summed E-state index contributed by atoms with van der Waals surface area (Å²) in [6.45, 7) is 4.30. The molecular weight excluding hydrogens is 366 g/mol. The molecule has 0 saturated carbocycles. The molecule has 0 bridgehead atoms. The minimum absolute atomic E-state index is 0.801. The van der Waals surface area contributed by atoms with Crippen LogP contribution in [0, 0.1) is 6.92 Å². The molecule has 2 aromatic heterocycles. The maximum atomic E-state index is 5.52. The molecular formula is C19H24N3O2S2+. The predicted molar refractivity (Wildman–Crippen MR) is 110 cm³/mol. The topological polar surface area (TPSA) is 51.0 Å². The number of benzene rings is 1. The molecule has 5 nitrogen and oxygen atoms in total. The molecule has 0 aliphatic carbocycles. The molecule has 0 amide bonds. The van der Waals surface area contributed by atoms with Crippen molar-refractivity contribution < 1.29 is 14.0 Å². The molecule has 3 aromatic rings. The van der Waals surface area contributed by atoms with Crippen molar-refractivity contribution in [1.82, 2.24) is 9.97 Å². The van der Waals surface area contributed by atoms with E-state index >= 15 is 0 Å². The molecule has 1 aromatic carbocycles. The molecule has 0 saturated heterocycles. The Kier molecular flexibility index (Phi) is 6.32. The van der Waals surface area contributed by atoms with Crippen molar-refractivity contribution in [2.24, 2.45) is 0 Å². The third kappa shape index (κ3) is 3.94. The van der Waals surface area contributed by atoms with E-state index in [0.717, 1.165) is 45.5 Å². The first-order chi connectivity index (χ1) is 12.7. The smallest absolute Gasteiger partial charge is 0.402 e. The minimum Gasteiger partial charge on any atom is -0.497 e. The average Bonchev–Trinajstić information content (AvgIpc) is 3.08. The number of fused-ring (bicyclic) bond motifs is 1. The third-order valence-electron chi connectivity index (χ3n) is 4.16. The van der Waals surface area contributed by atoms with Crippen molar-refractivity contribution in [2.75, 3.05) is 20.0 Å². The highest BCUT2D eigenvalue weighted by molar-refractivity contribution is 8.76. The molecule has 0 atom stereocenters. The van der Waals surface area contributed by atoms with Crippen LogP contribution < -0.4 is 14.0 Å². The molecule has 1 N–H and O–H groups in total. The van der Waals surface area contributed by atoms with Gasteiger partial charge in [0.15, 0.2) is 5.52 Å². The number of pyridine rings is 1. The summed E-state index contributed by atoms with van der Waals surface area (Å²) in [5.74, 6) is 4.55. The van der Waals surface area contributed by atoms with E-state index in [1.807, 2.05) is 52.1 Å². The summed E-state index contributed by atoms with van der Waals surface area (Å²) in [5.41, 5.74) is 4.20. The van der Waals surface area contributed by atoms with Crippen LogP contribution in [0.2, 0.25) is 0 Å². The van der Waals surface area contributed by atoms with Crippen molar-refractivity contribution in [2.45, 2.75) is 26.0 Å². The lowest BCUT2D eigenvalue weighted by atomic mass is 10.2. The number of imidazole rings is 1. The Balaban J connectivity index is 2.01. The van der Waals surface area contributed by atoms with Gasteiger partial charge in [-0.15, -0.1) is 0 Å². The van der Waals surface area contributed by atoms with Crippen LogP contribution in [0.1, 0.15) is 24.6 Å². The number of aromatic nitrogens is 3. The van der Waals surface area contributed by atoms with Gasteiger partial charge < -0.3 is 9.47 Å². The van der Waals surface area contributed by atoms with Crippen LogP contribution in [0.15, 0.2) is 30.5 Å². The van der Waals surface area contributed by atoms with Gasteiger partial charge >= 0.3 is 5.95 Å². The second kappa shape index (κ2) is 8.68. The zero-order valence-electron chi connectivity index (χ0n) is 15.5. The number of nitrogens with one attached hydrogen (secondary N) is 1. The Morgan fingerprint density at radius 2 is 2.00 bits per heavy atom. The number of aromatic amines is 1. The van der Waals surface area contributed by atoms with Crippen molar-refractivity contribution in [1.29, 1.82) is 0 Å². The van der Waals surface area contributed by atoms with Gasteiger partial charge in [0.05, 0.1) is 26.2 Å². The maximum absolute atomic E-state index is 5.52. The molecule has 0 aliphatic rings. The van der Waals surface area contributed by atoms with Crippen molar-refractivity contribution in [3.05, 3.63) is 41.7 Å². The molecule has 0 unspecified atom stereocenters. The fourth-order valence-corrected chi connectivity index (χ4v) is 5.01. The highest BCUT2D eigenvalue weighted by atomic mass is 33.1. The molecule has 0 radical (unpaired) electrons. The molecule has 2 heterocycles. The maximum Gasteiger partial charge on any atom is 0.402 e. The van der Waals surface area contributed by atoms with E-state index in [4.69, 9.17) is 14.5 Å². The summed E-state index contributed by atoms with van der Waals surface area (Å²) < 4.78 is 12.9. The summed E-state index contributed by atoms with van der Waals surface area (Å²) in [5, 5.41) is 0. The van der Waals surface area contributed by atoms with Gasteiger partial charge in [0.1, 0.15) is 22.7 Å². The normalized spacial score (nSPS) is 11.1. The molecule has 0 aliphatic heterocycles. The SMILES string of the molecule is CCCSSCc1c(C)c(OC)cc[n+]1-c1nc2ccc(OC)cc2[nH]1. The van der Waals surface area contributed by atoms with E-state index in [1.54, 1.807) is 14.2 Å². The average molecular weight is 391 g/mol. The zero-order valence-corrected chi connectivity index (χ0v) is 17.2. The van der Waals surface area contributed by atoms with Crippen molar-refractivity contribution >= 4 is 32.6 Å². The number of methoxy groups -OCH3 is 2. The van der Waals surface area contributed by atoms with Gasteiger partial charge in [0.2, 0.25) is 0 Å². The lowest BCUT2D eigenvalue weighted by Crippen LogP contribution is -2.37. The molecule has 138 valence electrons. The second-order valence-corrected chi connectivity index (χ2v) is 8.44. The van der Waals surface area contributed by atoms with E-state index in [1.165, 1.54) is 12.1 Å². The van der Waals surface area contributed by atoms with Crippen LogP contribution in [0.3, 0.4) is 0 Å². The Labute approximate surface area is 161 Å². The summed E-state index contributed by atoms with van der Waals surface area (Å²) in [7, 11) is 7.15. The first kappa shape index (κ1) is 18.9. The number of hydrogen-bond donors (Lipinski definition) is 1. The zero-order chi connectivity index (χ0) is 18.5. The van der Waals surface area contributed by atoms with Crippen LogP contribution in [0.25, 0.3) is 17.0 Å². The van der Waals surface area contributed by atoms with Crippen LogP contribution >= 0.6 is 21.6 Å². The van der Waals surface area contributed by atoms with E-state index in [9.17, 15) is 0 Å². The van der Waals surface area contributed by atoms with Crippen LogP contribution in [-0.4, -0.2) is 29.9 Å². The van der Waals surface area contributed by atoms with Gasteiger partial charge in [-0.3, -0.25) is 0 Å². The largest absolute Gasteiger partial charge is 0.497 e. The summed E-state index contributed by atoms with van der Waals surface area (Å²) in [4.78, 5) is 8.16. The van der Waals surface area contributed by atoms with Crippen molar-refractivity contribution in [3.63, 3.8) is 0 Å². The highest BCUT2D eigenvalue weighted by Gasteiger charge is 2.21. The summed E-state index contributed by atoms with van der Waals surface area (Å²) >= 11 is 0. The molecule has 26 heavy (non-hydrogen) atoms. The predicted octanol–water partition coefficient (Wildman–Crippen LogP) is 4.46. The Morgan fingerprint density at radius 3 is 2.73 bits per heavy atom. The lowest BCUT2D eigenvalue weighted by molar-refractivity contribution is -0.610. The van der Waals surface area contributed by atoms with Gasteiger partial charge in [-0.1, -0.05) is 33.5 Å². The third-order valence-corrected chi connectivity index (χ3v) is 6.65. The van der Waals surface area contributed by atoms with Gasteiger partial charge in [0.25, 0.3) is 0 Å². The number of rotatable bonds is 8. The quantitative estimate of drug-likeness (QED) is 0.350. The second-order valence-electron chi connectivity index (χ2n) is 5.85. The van der Waals surface area contributed by atoms with E-state index in [0.29, 0.717) is 0 Å². The number of nitrogens with zero attached hydrogens (tertiary/aromatic N) is 2. The first-order valence-electron chi connectivity index (χ1n) is 8.54. The van der Waals surface area contributed by atoms with E-state index in [-0.39, 0.29) is 0 Å². The lowest BCUT2D eigenvalue weighted by Gasteiger charge is -2.12. The van der Waals surface area contributed by atoms with Crippen LogP contribution in [-0.2, 0) is 5.75 Å². The standard InChI is InChI=1S/C19H24N3O2S2/c1-5-10-25-26-12-17-13(2)18(24-4)8-9-22(17)19-20-15-7-6-14(23-3)11-16(15)21-19/h6-9,11H,5,10,12H2,1-4H3,(H,20,21)/q+1. The van der Waals surface area contributed by atoms with Gasteiger partial charge in [0, 0.05) is 23.4 Å². The number of H-pyrrole nitrogens is 1. The monoisotopic (exact) mass is 390 g/mol. The minimum atomic E-state index is 0.801. The van der Waals surface area contributed by atoms with Gasteiger partial charge in [-0.2, -0.15) is 0 Å². The number of hydrogen-bond acceptors (Lipinski definition) is 5. The van der Waals surface area contributed by atoms with Gasteiger partial charge in [-0.25, -0.2) is 9.55 Å². The Hall–Kier alpha value is -1.86. The summed E-state index contributed by atoms with van der Waals surface area (Å²) in [6, 6.07) is 7.84.